The van der Waals surface area contributed by atoms with Gasteiger partial charge in [0.1, 0.15) is 5.69 Å². The molecular formula is C18H18N4O4. The van der Waals surface area contributed by atoms with E-state index in [0.29, 0.717) is 28.9 Å². The van der Waals surface area contributed by atoms with E-state index in [4.69, 9.17) is 4.74 Å². The molecule has 8 heteroatoms. The fourth-order valence-corrected chi connectivity index (χ4v) is 2.66. The first-order chi connectivity index (χ1) is 12.6. The van der Waals surface area contributed by atoms with Gasteiger partial charge in [-0.25, -0.2) is 9.78 Å². The highest BCUT2D eigenvalue weighted by Gasteiger charge is 2.10. The summed E-state index contributed by atoms with van der Waals surface area (Å²) >= 11 is 0. The quantitative estimate of drug-likeness (QED) is 0.698. The summed E-state index contributed by atoms with van der Waals surface area (Å²) in [5.41, 5.74) is 0.127. The third-order valence-electron chi connectivity index (χ3n) is 3.91. The molecule has 0 spiro atoms. The van der Waals surface area contributed by atoms with Gasteiger partial charge in [0.2, 0.25) is 11.8 Å². The lowest BCUT2D eigenvalue weighted by Gasteiger charge is -2.09. The van der Waals surface area contributed by atoms with Crippen molar-refractivity contribution in [1.29, 1.82) is 0 Å². The van der Waals surface area contributed by atoms with Gasteiger partial charge >= 0.3 is 5.69 Å². The minimum atomic E-state index is -0.483. The van der Waals surface area contributed by atoms with E-state index >= 15 is 0 Å². The first-order valence-electron chi connectivity index (χ1n) is 8.11. The lowest BCUT2D eigenvalue weighted by atomic mass is 10.2. The van der Waals surface area contributed by atoms with Crippen LogP contribution in [0, 0.1) is 0 Å². The number of amides is 1. The van der Waals surface area contributed by atoms with Crippen molar-refractivity contribution < 1.29 is 9.53 Å². The van der Waals surface area contributed by atoms with Gasteiger partial charge in [0.25, 0.3) is 5.56 Å². The molecule has 0 aliphatic heterocycles. The number of rotatable bonds is 6. The number of benzene rings is 1. The van der Waals surface area contributed by atoms with Crippen molar-refractivity contribution in [3.63, 3.8) is 0 Å². The molecule has 134 valence electrons. The molecule has 0 radical (unpaired) electrons. The van der Waals surface area contributed by atoms with Crippen LogP contribution < -0.4 is 21.3 Å². The van der Waals surface area contributed by atoms with Gasteiger partial charge in [0, 0.05) is 19.2 Å². The number of aromatic nitrogens is 3. The molecule has 2 heterocycles. The molecule has 3 rings (SSSR count). The molecule has 0 bridgehead atoms. The maximum atomic E-state index is 12.4. The van der Waals surface area contributed by atoms with E-state index in [9.17, 15) is 14.4 Å². The van der Waals surface area contributed by atoms with E-state index < -0.39 is 5.69 Å². The smallest absolute Gasteiger partial charge is 0.328 e. The van der Waals surface area contributed by atoms with Crippen LogP contribution in [0.5, 0.6) is 5.88 Å². The van der Waals surface area contributed by atoms with Crippen LogP contribution in [0.15, 0.2) is 52.2 Å². The minimum absolute atomic E-state index is 0.149. The summed E-state index contributed by atoms with van der Waals surface area (Å²) in [4.78, 5) is 43.3. The standard InChI is InChI=1S/C18H18N4O4/c1-26-16-14(8-4-10-19-16)20-15(23)9-5-11-22-17(24)12-6-2-3-7-13(12)21-18(22)25/h2-4,6-8,10H,5,9,11H2,1H3,(H,20,23)(H,21,25). The van der Waals surface area contributed by atoms with E-state index in [1.807, 2.05) is 0 Å². The third-order valence-corrected chi connectivity index (χ3v) is 3.91. The average Bonchev–Trinajstić information content (AvgIpc) is 2.65. The molecule has 26 heavy (non-hydrogen) atoms. The summed E-state index contributed by atoms with van der Waals surface area (Å²) < 4.78 is 6.19. The van der Waals surface area contributed by atoms with Crippen molar-refractivity contribution >= 4 is 22.5 Å². The number of hydrogen-bond donors (Lipinski definition) is 2. The molecule has 2 N–H and O–H groups in total. The molecule has 0 aliphatic carbocycles. The molecule has 0 saturated heterocycles. The van der Waals surface area contributed by atoms with Crippen molar-refractivity contribution in [2.75, 3.05) is 12.4 Å². The number of H-pyrrole nitrogens is 1. The normalized spacial score (nSPS) is 10.7. The number of aromatic amines is 1. The number of para-hydroxylation sites is 1. The monoisotopic (exact) mass is 354 g/mol. The Labute approximate surface area is 148 Å². The average molecular weight is 354 g/mol. The first kappa shape index (κ1) is 17.4. The van der Waals surface area contributed by atoms with Crippen molar-refractivity contribution in [3.8, 4) is 5.88 Å². The molecule has 3 aromatic rings. The number of ether oxygens (including phenoxy) is 1. The highest BCUT2D eigenvalue weighted by molar-refractivity contribution is 5.91. The SMILES string of the molecule is COc1ncccc1NC(=O)CCCn1c(=O)[nH]c2ccccc2c1=O. The maximum absolute atomic E-state index is 12.4. The van der Waals surface area contributed by atoms with E-state index in [1.165, 1.54) is 7.11 Å². The summed E-state index contributed by atoms with van der Waals surface area (Å²) in [6.07, 6.45) is 2.05. The minimum Gasteiger partial charge on any atom is -0.480 e. The summed E-state index contributed by atoms with van der Waals surface area (Å²) in [5.74, 6) is 0.0737. The number of methoxy groups -OCH3 is 1. The molecule has 0 fully saturated rings. The first-order valence-corrected chi connectivity index (χ1v) is 8.11. The van der Waals surface area contributed by atoms with Gasteiger partial charge in [-0.1, -0.05) is 12.1 Å². The van der Waals surface area contributed by atoms with Gasteiger partial charge in [-0.15, -0.1) is 0 Å². The Morgan fingerprint density at radius 1 is 1.23 bits per heavy atom. The third kappa shape index (κ3) is 3.64. The Hall–Kier alpha value is -3.42. The molecule has 0 saturated carbocycles. The molecule has 0 aliphatic rings. The molecule has 0 unspecified atom stereocenters. The second-order valence-corrected chi connectivity index (χ2v) is 5.64. The number of nitrogens with zero attached hydrogens (tertiary/aromatic N) is 2. The lowest BCUT2D eigenvalue weighted by molar-refractivity contribution is -0.116. The zero-order chi connectivity index (χ0) is 18.5. The Balaban J connectivity index is 1.67. The predicted octanol–water partition coefficient (Wildman–Crippen LogP) is 1.51. The van der Waals surface area contributed by atoms with E-state index in [0.717, 1.165) is 4.57 Å². The van der Waals surface area contributed by atoms with Crippen molar-refractivity contribution in [2.24, 2.45) is 0 Å². The second kappa shape index (κ2) is 7.64. The number of fused-ring (bicyclic) bond motifs is 1. The van der Waals surface area contributed by atoms with E-state index in [2.05, 4.69) is 15.3 Å². The van der Waals surface area contributed by atoms with Crippen molar-refractivity contribution in [3.05, 3.63) is 63.4 Å². The Morgan fingerprint density at radius 3 is 2.85 bits per heavy atom. The number of hydrogen-bond acceptors (Lipinski definition) is 5. The maximum Gasteiger partial charge on any atom is 0.328 e. The Bertz CT molecular complexity index is 1050. The van der Waals surface area contributed by atoms with Crippen LogP contribution in [-0.2, 0) is 11.3 Å². The number of pyridine rings is 1. The molecule has 0 atom stereocenters. The van der Waals surface area contributed by atoms with Gasteiger partial charge < -0.3 is 15.0 Å². The molecular weight excluding hydrogens is 336 g/mol. The zero-order valence-corrected chi connectivity index (χ0v) is 14.2. The highest BCUT2D eigenvalue weighted by Crippen LogP contribution is 2.19. The summed E-state index contributed by atoms with van der Waals surface area (Å²) in [6.45, 7) is 0.149. The van der Waals surface area contributed by atoms with Crippen LogP contribution in [-0.4, -0.2) is 27.6 Å². The predicted molar refractivity (Wildman–Crippen MR) is 97.5 cm³/mol. The second-order valence-electron chi connectivity index (χ2n) is 5.64. The van der Waals surface area contributed by atoms with Crippen molar-refractivity contribution in [1.82, 2.24) is 14.5 Å². The number of carbonyl (C=O) groups excluding carboxylic acids is 1. The molecule has 8 nitrogen and oxygen atoms in total. The zero-order valence-electron chi connectivity index (χ0n) is 14.2. The number of nitrogens with one attached hydrogen (secondary N) is 2. The summed E-state index contributed by atoms with van der Waals surface area (Å²) in [7, 11) is 1.47. The van der Waals surface area contributed by atoms with Crippen LogP contribution in [0.3, 0.4) is 0 Å². The molecule has 1 aromatic carbocycles. The summed E-state index contributed by atoms with van der Waals surface area (Å²) in [5, 5.41) is 3.15. The Morgan fingerprint density at radius 2 is 2.04 bits per heavy atom. The van der Waals surface area contributed by atoms with Crippen LogP contribution >= 0.6 is 0 Å². The topological polar surface area (TPSA) is 106 Å². The largest absolute Gasteiger partial charge is 0.480 e. The van der Waals surface area contributed by atoms with E-state index in [-0.39, 0.29) is 24.4 Å². The number of anilines is 1. The van der Waals surface area contributed by atoms with Gasteiger partial charge in [-0.2, -0.15) is 0 Å². The van der Waals surface area contributed by atoms with Crippen LogP contribution in [0.4, 0.5) is 5.69 Å². The Kier molecular flexibility index (Phi) is 5.12. The molecule has 2 aromatic heterocycles. The number of carbonyl (C=O) groups is 1. The van der Waals surface area contributed by atoms with Gasteiger partial charge in [-0.05, 0) is 30.7 Å². The van der Waals surface area contributed by atoms with Crippen LogP contribution in [0.1, 0.15) is 12.8 Å². The van der Waals surface area contributed by atoms with Gasteiger partial charge in [-0.3, -0.25) is 14.2 Å². The summed E-state index contributed by atoms with van der Waals surface area (Å²) in [6, 6.07) is 10.2. The lowest BCUT2D eigenvalue weighted by Crippen LogP contribution is -2.35. The molecule has 1 amide bonds. The fraction of sp³-hybridized carbons (Fsp3) is 0.222. The van der Waals surface area contributed by atoms with E-state index in [1.54, 1.807) is 42.6 Å². The highest BCUT2D eigenvalue weighted by atomic mass is 16.5. The fourth-order valence-electron chi connectivity index (χ4n) is 2.66. The van der Waals surface area contributed by atoms with Gasteiger partial charge in [0.05, 0.1) is 18.0 Å². The van der Waals surface area contributed by atoms with Crippen LogP contribution in [0.25, 0.3) is 10.9 Å². The van der Waals surface area contributed by atoms with Crippen molar-refractivity contribution in [2.45, 2.75) is 19.4 Å². The van der Waals surface area contributed by atoms with Gasteiger partial charge in [0.15, 0.2) is 0 Å². The van der Waals surface area contributed by atoms with Crippen LogP contribution in [0.2, 0.25) is 0 Å².